The summed E-state index contributed by atoms with van der Waals surface area (Å²) in [6.45, 7) is 1.65. The fraction of sp³-hybridized carbons (Fsp3) is 0.286. The van der Waals surface area contributed by atoms with Crippen molar-refractivity contribution >= 4 is 28.6 Å². The zero-order chi connectivity index (χ0) is 12.5. The number of hydrogen-bond donors (Lipinski definition) is 1. The minimum Gasteiger partial charge on any atom is -0.362 e. The van der Waals surface area contributed by atoms with Crippen LogP contribution in [0.25, 0.3) is 0 Å². The number of rotatable bonds is 3. The fourth-order valence-electron chi connectivity index (χ4n) is 2.59. The van der Waals surface area contributed by atoms with Crippen LogP contribution in [0.2, 0.25) is 5.02 Å². The minimum absolute atomic E-state index is 0.242. The second-order valence-corrected chi connectivity index (χ2v) is 5.87. The Labute approximate surface area is 116 Å². The van der Waals surface area contributed by atoms with E-state index in [4.69, 9.17) is 17.3 Å². The van der Waals surface area contributed by atoms with Gasteiger partial charge in [-0.3, -0.25) is 0 Å². The molecular formula is C14H15ClN2S. The topological polar surface area (TPSA) is 29.3 Å². The number of hydrogen-bond acceptors (Lipinski definition) is 3. The maximum absolute atomic E-state index is 6.02. The van der Waals surface area contributed by atoms with E-state index in [2.05, 4.69) is 29.2 Å². The van der Waals surface area contributed by atoms with Crippen molar-refractivity contribution in [2.75, 3.05) is 18.0 Å². The van der Waals surface area contributed by atoms with Crippen molar-refractivity contribution in [2.45, 2.75) is 12.5 Å². The van der Waals surface area contributed by atoms with Gasteiger partial charge in [0, 0.05) is 29.0 Å². The van der Waals surface area contributed by atoms with Gasteiger partial charge in [-0.1, -0.05) is 29.8 Å². The molecule has 3 rings (SSSR count). The summed E-state index contributed by atoms with van der Waals surface area (Å²) in [6, 6.07) is 10.8. The summed E-state index contributed by atoms with van der Waals surface area (Å²) in [4.78, 5) is 3.65. The highest BCUT2D eigenvalue weighted by Gasteiger charge is 2.26. The number of fused-ring (bicyclic) bond motifs is 1. The second kappa shape index (κ2) is 4.92. The van der Waals surface area contributed by atoms with Crippen LogP contribution in [0.1, 0.15) is 16.5 Å². The van der Waals surface area contributed by atoms with Crippen molar-refractivity contribution in [3.8, 4) is 0 Å². The maximum atomic E-state index is 6.02. The molecule has 0 radical (unpaired) electrons. The van der Waals surface area contributed by atoms with Gasteiger partial charge in [0.1, 0.15) is 0 Å². The van der Waals surface area contributed by atoms with Crippen LogP contribution in [0.5, 0.6) is 0 Å². The Bertz CT molecular complexity index is 552. The Hall–Kier alpha value is -1.03. The lowest BCUT2D eigenvalue weighted by Crippen LogP contribution is -2.31. The van der Waals surface area contributed by atoms with E-state index in [0.29, 0.717) is 6.54 Å². The van der Waals surface area contributed by atoms with E-state index in [-0.39, 0.29) is 6.04 Å². The third-order valence-corrected chi connectivity index (χ3v) is 4.82. The van der Waals surface area contributed by atoms with E-state index in [0.717, 1.165) is 18.0 Å². The van der Waals surface area contributed by atoms with Gasteiger partial charge in [-0.15, -0.1) is 11.3 Å². The SMILES string of the molecule is NCC(c1cc(Cl)cs1)N1CCc2ccccc21. The fourth-order valence-corrected chi connectivity index (χ4v) is 3.80. The number of benzene rings is 1. The lowest BCUT2D eigenvalue weighted by Gasteiger charge is -2.28. The number of thiophene rings is 1. The number of halogens is 1. The van der Waals surface area contributed by atoms with Gasteiger partial charge in [0.05, 0.1) is 11.1 Å². The van der Waals surface area contributed by atoms with Crippen LogP contribution in [0.3, 0.4) is 0 Å². The maximum Gasteiger partial charge on any atom is 0.0757 e. The predicted molar refractivity (Wildman–Crippen MR) is 78.6 cm³/mol. The van der Waals surface area contributed by atoms with E-state index in [1.807, 2.05) is 11.4 Å². The average molecular weight is 279 g/mol. The molecule has 18 heavy (non-hydrogen) atoms. The highest BCUT2D eigenvalue weighted by atomic mass is 35.5. The lowest BCUT2D eigenvalue weighted by molar-refractivity contribution is 0.659. The molecule has 1 atom stereocenters. The molecule has 94 valence electrons. The van der Waals surface area contributed by atoms with Gasteiger partial charge in [-0.05, 0) is 24.1 Å². The molecule has 0 saturated carbocycles. The molecule has 0 fully saturated rings. The van der Waals surface area contributed by atoms with Crippen LogP contribution in [-0.4, -0.2) is 13.1 Å². The highest BCUT2D eigenvalue weighted by molar-refractivity contribution is 7.10. The average Bonchev–Trinajstić information content (AvgIpc) is 2.98. The molecule has 0 spiro atoms. The summed E-state index contributed by atoms with van der Waals surface area (Å²) in [7, 11) is 0. The Kier molecular flexibility index (Phi) is 3.29. The lowest BCUT2D eigenvalue weighted by atomic mass is 10.1. The zero-order valence-corrected chi connectivity index (χ0v) is 11.5. The Balaban J connectivity index is 1.95. The minimum atomic E-state index is 0.242. The van der Waals surface area contributed by atoms with Crippen LogP contribution in [-0.2, 0) is 6.42 Å². The predicted octanol–water partition coefficient (Wildman–Crippen LogP) is 3.46. The largest absolute Gasteiger partial charge is 0.362 e. The summed E-state index contributed by atoms with van der Waals surface area (Å²) in [5.74, 6) is 0. The van der Waals surface area contributed by atoms with Gasteiger partial charge in [0.15, 0.2) is 0 Å². The summed E-state index contributed by atoms with van der Waals surface area (Å²) in [6.07, 6.45) is 1.10. The molecule has 0 aliphatic carbocycles. The molecule has 2 N–H and O–H groups in total. The van der Waals surface area contributed by atoms with Crippen LogP contribution in [0.4, 0.5) is 5.69 Å². The molecule has 0 bridgehead atoms. The van der Waals surface area contributed by atoms with Crippen molar-refractivity contribution in [1.29, 1.82) is 0 Å². The van der Waals surface area contributed by atoms with E-state index in [9.17, 15) is 0 Å². The van der Waals surface area contributed by atoms with Gasteiger partial charge >= 0.3 is 0 Å². The summed E-state index contributed by atoms with van der Waals surface area (Å²) >= 11 is 7.71. The van der Waals surface area contributed by atoms with Crippen LogP contribution in [0.15, 0.2) is 35.7 Å². The van der Waals surface area contributed by atoms with Crippen molar-refractivity contribution in [3.05, 3.63) is 51.2 Å². The monoisotopic (exact) mass is 278 g/mol. The second-order valence-electron chi connectivity index (χ2n) is 4.49. The number of para-hydroxylation sites is 1. The summed E-state index contributed by atoms with van der Waals surface area (Å²) < 4.78 is 0. The zero-order valence-electron chi connectivity index (χ0n) is 9.97. The van der Waals surface area contributed by atoms with E-state index >= 15 is 0 Å². The van der Waals surface area contributed by atoms with E-state index in [1.165, 1.54) is 16.1 Å². The molecule has 0 amide bonds. The molecule has 1 aromatic heterocycles. The van der Waals surface area contributed by atoms with E-state index in [1.54, 1.807) is 11.3 Å². The van der Waals surface area contributed by atoms with Gasteiger partial charge in [-0.25, -0.2) is 0 Å². The van der Waals surface area contributed by atoms with Crippen LogP contribution < -0.4 is 10.6 Å². The third-order valence-electron chi connectivity index (χ3n) is 3.44. The quantitative estimate of drug-likeness (QED) is 0.932. The number of nitrogens with two attached hydrogens (primary N) is 1. The number of nitrogens with zero attached hydrogens (tertiary/aromatic N) is 1. The molecule has 2 aromatic rings. The molecule has 4 heteroatoms. The number of anilines is 1. The molecule has 1 aromatic carbocycles. The molecule has 1 aliphatic rings. The standard InChI is InChI=1S/C14H15ClN2S/c15-11-7-14(18-9-11)13(8-16)17-6-5-10-3-1-2-4-12(10)17/h1-4,7,9,13H,5-6,8,16H2. The molecule has 1 aliphatic heterocycles. The van der Waals surface area contributed by atoms with Gasteiger partial charge in [-0.2, -0.15) is 0 Å². The molecule has 2 heterocycles. The van der Waals surface area contributed by atoms with Crippen molar-refractivity contribution in [1.82, 2.24) is 0 Å². The van der Waals surface area contributed by atoms with Crippen molar-refractivity contribution < 1.29 is 0 Å². The summed E-state index contributed by atoms with van der Waals surface area (Å²) in [5.41, 5.74) is 8.71. The first-order chi connectivity index (χ1) is 8.79. The van der Waals surface area contributed by atoms with Crippen molar-refractivity contribution in [3.63, 3.8) is 0 Å². The molecular weight excluding hydrogens is 264 g/mol. The smallest absolute Gasteiger partial charge is 0.0757 e. The van der Waals surface area contributed by atoms with Crippen LogP contribution >= 0.6 is 22.9 Å². The molecule has 2 nitrogen and oxygen atoms in total. The van der Waals surface area contributed by atoms with Gasteiger partial charge in [0.2, 0.25) is 0 Å². The Morgan fingerprint density at radius 2 is 2.22 bits per heavy atom. The Morgan fingerprint density at radius 3 is 2.94 bits per heavy atom. The first-order valence-corrected chi connectivity index (χ1v) is 7.34. The van der Waals surface area contributed by atoms with Crippen LogP contribution in [0, 0.1) is 0 Å². The van der Waals surface area contributed by atoms with Gasteiger partial charge < -0.3 is 10.6 Å². The third kappa shape index (κ3) is 2.03. The van der Waals surface area contributed by atoms with E-state index < -0.39 is 0 Å². The molecule has 0 saturated heterocycles. The van der Waals surface area contributed by atoms with Crippen molar-refractivity contribution in [2.24, 2.45) is 5.73 Å². The molecule has 1 unspecified atom stereocenters. The normalized spacial score (nSPS) is 15.8. The Morgan fingerprint density at radius 1 is 1.39 bits per heavy atom. The highest BCUT2D eigenvalue weighted by Crippen LogP contribution is 2.37. The van der Waals surface area contributed by atoms with Gasteiger partial charge in [0.25, 0.3) is 0 Å². The first kappa shape index (κ1) is 12.0. The first-order valence-electron chi connectivity index (χ1n) is 6.08. The summed E-state index contributed by atoms with van der Waals surface area (Å²) in [5, 5.41) is 2.78.